The Bertz CT molecular complexity index is 660. The number of carboxylic acids is 1. The van der Waals surface area contributed by atoms with Crippen LogP contribution >= 0.6 is 27.5 Å². The van der Waals surface area contributed by atoms with E-state index in [1.54, 1.807) is 30.3 Å². The molecule has 0 saturated carbocycles. The van der Waals surface area contributed by atoms with E-state index in [-0.39, 0.29) is 5.82 Å². The molecule has 21 heavy (non-hydrogen) atoms. The number of rotatable bonds is 5. The number of halogens is 3. The number of benzene rings is 2. The van der Waals surface area contributed by atoms with E-state index in [2.05, 4.69) is 15.9 Å². The van der Waals surface area contributed by atoms with Crippen molar-refractivity contribution in [2.24, 2.45) is 5.92 Å². The third kappa shape index (κ3) is 4.55. The smallest absolute Gasteiger partial charge is 0.307 e. The standard InChI is InChI=1S/C16H13BrClFO2/c17-14-9-11(4-5-15(14)19)7-12(16(20)21)6-10-2-1-3-13(18)8-10/h1-5,8-9,12H,6-7H2,(H,20,21). The minimum absolute atomic E-state index is 0.334. The van der Waals surface area contributed by atoms with Crippen LogP contribution in [0.5, 0.6) is 0 Å². The van der Waals surface area contributed by atoms with Gasteiger partial charge in [0.05, 0.1) is 10.4 Å². The topological polar surface area (TPSA) is 37.3 Å². The molecule has 2 aromatic rings. The predicted molar refractivity (Wildman–Crippen MR) is 84.1 cm³/mol. The van der Waals surface area contributed by atoms with E-state index < -0.39 is 11.9 Å². The molecule has 5 heteroatoms. The summed E-state index contributed by atoms with van der Waals surface area (Å²) in [5.74, 6) is -1.82. The van der Waals surface area contributed by atoms with Crippen molar-refractivity contribution in [1.82, 2.24) is 0 Å². The quantitative estimate of drug-likeness (QED) is 0.825. The van der Waals surface area contributed by atoms with Gasteiger partial charge in [-0.05, 0) is 64.2 Å². The molecule has 0 aliphatic carbocycles. The van der Waals surface area contributed by atoms with Gasteiger partial charge < -0.3 is 5.11 Å². The summed E-state index contributed by atoms with van der Waals surface area (Å²) < 4.78 is 13.5. The molecule has 1 N–H and O–H groups in total. The second kappa shape index (κ2) is 7.05. The lowest BCUT2D eigenvalue weighted by Gasteiger charge is -2.13. The summed E-state index contributed by atoms with van der Waals surface area (Å²) in [4.78, 5) is 11.4. The highest BCUT2D eigenvalue weighted by Gasteiger charge is 2.19. The zero-order valence-corrected chi connectivity index (χ0v) is 13.4. The van der Waals surface area contributed by atoms with E-state index in [1.807, 2.05) is 6.07 Å². The van der Waals surface area contributed by atoms with Crippen LogP contribution in [0.15, 0.2) is 46.9 Å². The van der Waals surface area contributed by atoms with Crippen molar-refractivity contribution >= 4 is 33.5 Å². The predicted octanol–water partition coefficient (Wildman–Crippen LogP) is 4.73. The van der Waals surface area contributed by atoms with Crippen molar-refractivity contribution in [3.8, 4) is 0 Å². The molecular weight excluding hydrogens is 359 g/mol. The highest BCUT2D eigenvalue weighted by Crippen LogP contribution is 2.22. The molecule has 1 unspecified atom stereocenters. The van der Waals surface area contributed by atoms with Crippen LogP contribution in [-0.2, 0) is 17.6 Å². The van der Waals surface area contributed by atoms with Crippen LogP contribution in [0.4, 0.5) is 4.39 Å². The van der Waals surface area contributed by atoms with Crippen molar-refractivity contribution < 1.29 is 14.3 Å². The first-order chi connectivity index (χ1) is 9.95. The summed E-state index contributed by atoms with van der Waals surface area (Å²) in [7, 11) is 0. The first-order valence-electron chi connectivity index (χ1n) is 6.37. The zero-order valence-electron chi connectivity index (χ0n) is 11.0. The van der Waals surface area contributed by atoms with Gasteiger partial charge in [0.15, 0.2) is 0 Å². The van der Waals surface area contributed by atoms with Gasteiger partial charge in [-0.25, -0.2) is 4.39 Å². The van der Waals surface area contributed by atoms with Crippen LogP contribution in [0.25, 0.3) is 0 Å². The van der Waals surface area contributed by atoms with Gasteiger partial charge in [-0.3, -0.25) is 4.79 Å². The van der Waals surface area contributed by atoms with Gasteiger partial charge in [-0.1, -0.05) is 29.8 Å². The second-order valence-electron chi connectivity index (χ2n) is 4.82. The van der Waals surface area contributed by atoms with E-state index in [0.717, 1.165) is 11.1 Å². The normalized spacial score (nSPS) is 12.1. The summed E-state index contributed by atoms with van der Waals surface area (Å²) in [6, 6.07) is 11.7. The van der Waals surface area contributed by atoms with Crippen molar-refractivity contribution in [1.29, 1.82) is 0 Å². The Morgan fingerprint density at radius 2 is 1.86 bits per heavy atom. The Balaban J connectivity index is 2.15. The van der Waals surface area contributed by atoms with Gasteiger partial charge in [0.2, 0.25) is 0 Å². The van der Waals surface area contributed by atoms with E-state index in [0.29, 0.717) is 22.3 Å². The Hall–Kier alpha value is -1.39. The molecule has 2 nitrogen and oxygen atoms in total. The monoisotopic (exact) mass is 370 g/mol. The summed E-state index contributed by atoms with van der Waals surface area (Å²) in [6.07, 6.45) is 0.714. The first kappa shape index (κ1) is 16.0. The fraction of sp³-hybridized carbons (Fsp3) is 0.188. The van der Waals surface area contributed by atoms with Crippen LogP contribution in [0.3, 0.4) is 0 Å². The van der Waals surface area contributed by atoms with Crippen LogP contribution in [0.2, 0.25) is 5.02 Å². The lowest BCUT2D eigenvalue weighted by molar-refractivity contribution is -0.141. The third-order valence-corrected chi connectivity index (χ3v) is 4.03. The maximum atomic E-state index is 13.2. The Labute approximate surface area is 135 Å². The number of carboxylic acid groups (broad SMARTS) is 1. The molecule has 110 valence electrons. The molecule has 0 radical (unpaired) electrons. The molecule has 0 heterocycles. The second-order valence-corrected chi connectivity index (χ2v) is 6.11. The molecule has 2 aromatic carbocycles. The van der Waals surface area contributed by atoms with Crippen LogP contribution in [0, 0.1) is 11.7 Å². The third-order valence-electron chi connectivity index (χ3n) is 3.19. The molecule has 1 atom stereocenters. The fourth-order valence-electron chi connectivity index (χ4n) is 2.15. The van der Waals surface area contributed by atoms with E-state index in [4.69, 9.17) is 11.6 Å². The fourth-order valence-corrected chi connectivity index (χ4v) is 2.79. The number of carbonyl (C=O) groups is 1. The summed E-state index contributed by atoms with van der Waals surface area (Å²) >= 11 is 9.02. The van der Waals surface area contributed by atoms with Gasteiger partial charge >= 0.3 is 5.97 Å². The Kier molecular flexibility index (Phi) is 5.37. The minimum atomic E-state index is -0.879. The van der Waals surface area contributed by atoms with Crippen LogP contribution in [0.1, 0.15) is 11.1 Å². The summed E-state index contributed by atoms with van der Waals surface area (Å²) in [5, 5.41) is 9.95. The molecule has 2 rings (SSSR count). The van der Waals surface area contributed by atoms with Crippen molar-refractivity contribution in [2.45, 2.75) is 12.8 Å². The van der Waals surface area contributed by atoms with E-state index in [1.165, 1.54) is 6.07 Å². The molecule has 0 aliphatic rings. The van der Waals surface area contributed by atoms with E-state index >= 15 is 0 Å². The molecule has 0 fully saturated rings. The summed E-state index contributed by atoms with van der Waals surface area (Å²) in [5.41, 5.74) is 1.65. The maximum Gasteiger partial charge on any atom is 0.307 e. The van der Waals surface area contributed by atoms with Gasteiger partial charge in [-0.2, -0.15) is 0 Å². The largest absolute Gasteiger partial charge is 0.481 e. The van der Waals surface area contributed by atoms with Crippen molar-refractivity contribution in [3.63, 3.8) is 0 Å². The van der Waals surface area contributed by atoms with Gasteiger partial charge in [0, 0.05) is 5.02 Å². The highest BCUT2D eigenvalue weighted by atomic mass is 79.9. The SMILES string of the molecule is O=C(O)C(Cc1cccc(Cl)c1)Cc1ccc(F)c(Br)c1. The Morgan fingerprint density at radius 1 is 1.19 bits per heavy atom. The minimum Gasteiger partial charge on any atom is -0.481 e. The van der Waals surface area contributed by atoms with Gasteiger partial charge in [0.1, 0.15) is 5.82 Å². The average Bonchev–Trinajstić information content (AvgIpc) is 2.42. The lowest BCUT2D eigenvalue weighted by Crippen LogP contribution is -2.19. The molecule has 0 aliphatic heterocycles. The molecule has 0 amide bonds. The number of hydrogen-bond acceptors (Lipinski definition) is 1. The highest BCUT2D eigenvalue weighted by molar-refractivity contribution is 9.10. The molecule has 0 spiro atoms. The average molecular weight is 372 g/mol. The number of aliphatic carboxylic acids is 1. The van der Waals surface area contributed by atoms with Crippen molar-refractivity contribution in [2.75, 3.05) is 0 Å². The Morgan fingerprint density at radius 3 is 2.43 bits per heavy atom. The first-order valence-corrected chi connectivity index (χ1v) is 7.54. The number of hydrogen-bond donors (Lipinski definition) is 1. The van der Waals surface area contributed by atoms with Crippen LogP contribution in [-0.4, -0.2) is 11.1 Å². The molecule has 0 aromatic heterocycles. The van der Waals surface area contributed by atoms with Gasteiger partial charge in [0.25, 0.3) is 0 Å². The molecular formula is C16H13BrClFO2. The van der Waals surface area contributed by atoms with Crippen molar-refractivity contribution in [3.05, 3.63) is 68.9 Å². The molecule has 0 bridgehead atoms. The molecule has 0 saturated heterocycles. The van der Waals surface area contributed by atoms with Gasteiger partial charge in [-0.15, -0.1) is 0 Å². The zero-order chi connectivity index (χ0) is 15.4. The van der Waals surface area contributed by atoms with E-state index in [9.17, 15) is 14.3 Å². The van der Waals surface area contributed by atoms with Crippen LogP contribution < -0.4 is 0 Å². The maximum absolute atomic E-state index is 13.2. The lowest BCUT2D eigenvalue weighted by atomic mass is 9.92. The summed E-state index contributed by atoms with van der Waals surface area (Å²) in [6.45, 7) is 0.